The Kier molecular flexibility index (Phi) is 21.8. The zero-order valence-corrected chi connectivity index (χ0v) is 20.1. The van der Waals surface area contributed by atoms with Crippen LogP contribution < -0.4 is 0 Å². The van der Waals surface area contributed by atoms with Gasteiger partial charge in [0.05, 0.1) is 0 Å². The number of rotatable bonds is 23. The van der Waals surface area contributed by atoms with Crippen LogP contribution in [-0.2, 0) is 14.3 Å². The third kappa shape index (κ3) is 20.2. The van der Waals surface area contributed by atoms with Crippen LogP contribution in [0.3, 0.4) is 0 Å². The maximum Gasteiger partial charge on any atom is 0.345 e. The third-order valence-electron chi connectivity index (χ3n) is 5.91. The second-order valence-corrected chi connectivity index (χ2v) is 8.82. The lowest BCUT2D eigenvalue weighted by Gasteiger charge is -2.12. The number of carbonyl (C=O) groups excluding carboxylic acids is 1. The molecule has 1 unspecified atom stereocenters. The second kappa shape index (κ2) is 22.6. The van der Waals surface area contributed by atoms with Gasteiger partial charge >= 0.3 is 11.9 Å². The highest BCUT2D eigenvalue weighted by molar-refractivity contribution is 5.77. The van der Waals surface area contributed by atoms with E-state index in [2.05, 4.69) is 6.92 Å². The molecular formula is C26H50O4. The number of hydrogen-bond donors (Lipinski definition) is 1. The molecular weight excluding hydrogens is 376 g/mol. The molecule has 0 rings (SSSR count). The van der Waals surface area contributed by atoms with Gasteiger partial charge in [0.2, 0.25) is 0 Å². The standard InChI is InChI=1S/C26H50O4/c1-3-5-6-7-8-9-10-11-12-13-14-15-16-17-18-19-20-21-22-23-24(26(28)29)30-25(27)4-2/h24H,3-23H2,1-2H3,(H,28,29). The molecule has 178 valence electrons. The molecule has 0 aromatic carbocycles. The zero-order valence-electron chi connectivity index (χ0n) is 20.1. The SMILES string of the molecule is CCCCCCCCCCCCCCCCCCCCCC(OC(=O)CC)C(=O)O. The van der Waals surface area contributed by atoms with Crippen molar-refractivity contribution in [1.82, 2.24) is 0 Å². The fourth-order valence-electron chi connectivity index (χ4n) is 3.88. The minimum atomic E-state index is -1.03. The summed E-state index contributed by atoms with van der Waals surface area (Å²) in [6.45, 7) is 3.96. The molecule has 4 heteroatoms. The first-order valence-corrected chi connectivity index (χ1v) is 13.0. The van der Waals surface area contributed by atoms with Crippen LogP contribution in [0.15, 0.2) is 0 Å². The smallest absolute Gasteiger partial charge is 0.345 e. The molecule has 1 N–H and O–H groups in total. The highest BCUT2D eigenvalue weighted by Crippen LogP contribution is 2.15. The molecule has 0 heterocycles. The highest BCUT2D eigenvalue weighted by Gasteiger charge is 2.20. The van der Waals surface area contributed by atoms with Gasteiger partial charge in [-0.15, -0.1) is 0 Å². The number of esters is 1. The molecule has 0 aromatic rings. The number of hydrogen-bond acceptors (Lipinski definition) is 3. The average Bonchev–Trinajstić information content (AvgIpc) is 2.74. The number of unbranched alkanes of at least 4 members (excludes halogenated alkanes) is 18. The number of carbonyl (C=O) groups is 2. The summed E-state index contributed by atoms with van der Waals surface area (Å²) in [4.78, 5) is 22.3. The van der Waals surface area contributed by atoms with Crippen molar-refractivity contribution in [3.8, 4) is 0 Å². The van der Waals surface area contributed by atoms with Gasteiger partial charge in [0.25, 0.3) is 0 Å². The second-order valence-electron chi connectivity index (χ2n) is 8.82. The number of ether oxygens (including phenoxy) is 1. The van der Waals surface area contributed by atoms with Crippen molar-refractivity contribution >= 4 is 11.9 Å². The maximum atomic E-state index is 11.2. The summed E-state index contributed by atoms with van der Waals surface area (Å²) in [6, 6.07) is 0. The molecule has 30 heavy (non-hydrogen) atoms. The third-order valence-corrected chi connectivity index (χ3v) is 5.91. The molecule has 0 aliphatic carbocycles. The van der Waals surface area contributed by atoms with E-state index in [4.69, 9.17) is 9.84 Å². The van der Waals surface area contributed by atoms with Gasteiger partial charge in [0, 0.05) is 6.42 Å². The number of carboxylic acid groups (broad SMARTS) is 1. The first-order chi connectivity index (χ1) is 14.6. The van der Waals surface area contributed by atoms with Crippen molar-refractivity contribution < 1.29 is 19.4 Å². The predicted octanol–water partition coefficient (Wildman–Crippen LogP) is 8.21. The Morgan fingerprint density at radius 1 is 0.600 bits per heavy atom. The molecule has 4 nitrogen and oxygen atoms in total. The van der Waals surface area contributed by atoms with E-state index in [1.54, 1.807) is 6.92 Å². The molecule has 0 amide bonds. The monoisotopic (exact) mass is 426 g/mol. The van der Waals surface area contributed by atoms with E-state index in [1.165, 1.54) is 103 Å². The average molecular weight is 427 g/mol. The first kappa shape index (κ1) is 28.9. The van der Waals surface area contributed by atoms with Crippen molar-refractivity contribution in [3.63, 3.8) is 0 Å². The summed E-state index contributed by atoms with van der Waals surface area (Å²) in [6.07, 6.45) is 24.8. The maximum absolute atomic E-state index is 11.2. The van der Waals surface area contributed by atoms with Crippen LogP contribution in [0.5, 0.6) is 0 Å². The van der Waals surface area contributed by atoms with Crippen LogP contribution in [0.2, 0.25) is 0 Å². The molecule has 0 radical (unpaired) electrons. The van der Waals surface area contributed by atoms with Crippen LogP contribution in [0.1, 0.15) is 149 Å². The Morgan fingerprint density at radius 3 is 1.23 bits per heavy atom. The van der Waals surface area contributed by atoms with Gasteiger partial charge in [-0.3, -0.25) is 4.79 Å². The number of aliphatic carboxylic acids is 1. The molecule has 0 aliphatic rings. The molecule has 0 aliphatic heterocycles. The van der Waals surface area contributed by atoms with E-state index >= 15 is 0 Å². The molecule has 0 spiro atoms. The lowest BCUT2D eigenvalue weighted by atomic mass is 10.0. The highest BCUT2D eigenvalue weighted by atomic mass is 16.6. The van der Waals surface area contributed by atoms with Crippen LogP contribution in [0.25, 0.3) is 0 Å². The van der Waals surface area contributed by atoms with Crippen LogP contribution >= 0.6 is 0 Å². The minimum Gasteiger partial charge on any atom is -0.479 e. The van der Waals surface area contributed by atoms with Gasteiger partial charge in [-0.2, -0.15) is 0 Å². The van der Waals surface area contributed by atoms with Crippen molar-refractivity contribution in [2.75, 3.05) is 0 Å². The van der Waals surface area contributed by atoms with E-state index in [0.29, 0.717) is 6.42 Å². The lowest BCUT2D eigenvalue weighted by Crippen LogP contribution is -2.26. The van der Waals surface area contributed by atoms with Crippen molar-refractivity contribution in [2.24, 2.45) is 0 Å². The largest absolute Gasteiger partial charge is 0.479 e. The minimum absolute atomic E-state index is 0.225. The van der Waals surface area contributed by atoms with E-state index < -0.39 is 18.0 Å². The fourth-order valence-corrected chi connectivity index (χ4v) is 3.88. The molecule has 0 aromatic heterocycles. The molecule has 0 saturated heterocycles. The topological polar surface area (TPSA) is 63.6 Å². The van der Waals surface area contributed by atoms with Crippen LogP contribution in [0.4, 0.5) is 0 Å². The fraction of sp³-hybridized carbons (Fsp3) is 0.923. The molecule has 1 atom stereocenters. The molecule has 0 bridgehead atoms. The lowest BCUT2D eigenvalue weighted by molar-refractivity contribution is -0.164. The van der Waals surface area contributed by atoms with E-state index in [0.717, 1.165) is 19.3 Å². The summed E-state index contributed by atoms with van der Waals surface area (Å²) in [5.41, 5.74) is 0. The Labute approximate surface area is 186 Å². The quantitative estimate of drug-likeness (QED) is 0.132. The van der Waals surface area contributed by atoms with Gasteiger partial charge in [0.15, 0.2) is 6.10 Å². The Bertz CT molecular complexity index is 394. The van der Waals surface area contributed by atoms with Gasteiger partial charge in [-0.1, -0.05) is 129 Å². The normalized spacial score (nSPS) is 12.1. The Morgan fingerprint density at radius 2 is 0.933 bits per heavy atom. The summed E-state index contributed by atoms with van der Waals surface area (Å²) in [5, 5.41) is 9.09. The van der Waals surface area contributed by atoms with Gasteiger partial charge in [-0.25, -0.2) is 4.79 Å². The van der Waals surface area contributed by atoms with Crippen LogP contribution in [-0.4, -0.2) is 23.1 Å². The van der Waals surface area contributed by atoms with E-state index in [9.17, 15) is 9.59 Å². The van der Waals surface area contributed by atoms with Crippen molar-refractivity contribution in [2.45, 2.75) is 155 Å². The first-order valence-electron chi connectivity index (χ1n) is 13.0. The van der Waals surface area contributed by atoms with Crippen molar-refractivity contribution in [3.05, 3.63) is 0 Å². The zero-order chi connectivity index (χ0) is 22.3. The molecule has 0 fully saturated rings. The molecule has 0 saturated carbocycles. The Balaban J connectivity index is 3.27. The predicted molar refractivity (Wildman–Crippen MR) is 126 cm³/mol. The van der Waals surface area contributed by atoms with E-state index in [1.807, 2.05) is 0 Å². The summed E-state index contributed by atoms with van der Waals surface area (Å²) in [7, 11) is 0. The Hall–Kier alpha value is -1.06. The van der Waals surface area contributed by atoms with Gasteiger partial charge in [0.1, 0.15) is 0 Å². The summed E-state index contributed by atoms with van der Waals surface area (Å²) in [5.74, 6) is -1.46. The summed E-state index contributed by atoms with van der Waals surface area (Å²) < 4.78 is 4.96. The van der Waals surface area contributed by atoms with Gasteiger partial charge in [-0.05, 0) is 12.8 Å². The number of carboxylic acids is 1. The van der Waals surface area contributed by atoms with Crippen LogP contribution in [0, 0.1) is 0 Å². The van der Waals surface area contributed by atoms with Crippen molar-refractivity contribution in [1.29, 1.82) is 0 Å². The van der Waals surface area contributed by atoms with Gasteiger partial charge < -0.3 is 9.84 Å². The summed E-state index contributed by atoms with van der Waals surface area (Å²) >= 11 is 0. The van der Waals surface area contributed by atoms with E-state index in [-0.39, 0.29) is 6.42 Å².